The Bertz CT molecular complexity index is 398. The van der Waals surface area contributed by atoms with E-state index in [4.69, 9.17) is 35.4 Å². The van der Waals surface area contributed by atoms with Crippen molar-refractivity contribution in [3.8, 4) is 0 Å². The first-order valence-electron chi connectivity index (χ1n) is 4.64. The highest BCUT2D eigenvalue weighted by atomic mass is 35.5. The Labute approximate surface area is 111 Å². The minimum atomic E-state index is 0.470. The Kier molecular flexibility index (Phi) is 5.06. The molecule has 0 bridgehead atoms. The molecule has 0 fully saturated rings. The summed E-state index contributed by atoms with van der Waals surface area (Å²) in [6, 6.07) is 5.27. The summed E-state index contributed by atoms with van der Waals surface area (Å²) in [5, 5.41) is 7.48. The van der Waals surface area contributed by atoms with Gasteiger partial charge in [-0.2, -0.15) is 0 Å². The molecule has 1 aromatic carbocycles. The van der Waals surface area contributed by atoms with Crippen LogP contribution in [0.1, 0.15) is 6.92 Å². The normalized spacial score (nSPS) is 9.69. The number of halogens is 2. The number of nitrogens with one attached hydrogen (secondary N) is 2. The molecular formula is C11H12Cl2N2S. The van der Waals surface area contributed by atoms with Crippen molar-refractivity contribution in [1.82, 2.24) is 5.32 Å². The Morgan fingerprint density at radius 3 is 2.44 bits per heavy atom. The van der Waals surface area contributed by atoms with Crippen LogP contribution in [0.25, 0.3) is 0 Å². The molecule has 0 radical (unpaired) electrons. The Morgan fingerprint density at radius 2 is 1.94 bits per heavy atom. The van der Waals surface area contributed by atoms with Crippen molar-refractivity contribution in [1.29, 1.82) is 0 Å². The van der Waals surface area contributed by atoms with E-state index >= 15 is 0 Å². The van der Waals surface area contributed by atoms with Gasteiger partial charge in [0.2, 0.25) is 0 Å². The molecule has 0 aliphatic rings. The Balaban J connectivity index is 2.66. The topological polar surface area (TPSA) is 24.1 Å². The lowest BCUT2D eigenvalue weighted by molar-refractivity contribution is 1.000. The molecule has 0 saturated carbocycles. The standard InChI is InChI=1S/C11H12Cl2N2S/c1-7(2)6-14-11(16)15-10-8(12)4-3-5-9(10)13/h3-5H,1,6H2,2H3,(H2,14,15,16). The Hall–Kier alpha value is -0.770. The highest BCUT2D eigenvalue weighted by Gasteiger charge is 2.06. The lowest BCUT2D eigenvalue weighted by atomic mass is 10.3. The van der Waals surface area contributed by atoms with Crippen molar-refractivity contribution in [2.45, 2.75) is 6.92 Å². The minimum Gasteiger partial charge on any atom is -0.359 e. The fourth-order valence-electron chi connectivity index (χ4n) is 1.01. The number of thiocarbonyl (C=S) groups is 1. The zero-order valence-corrected chi connectivity index (χ0v) is 11.1. The van der Waals surface area contributed by atoms with Crippen LogP contribution in [0, 0.1) is 0 Å². The zero-order valence-electron chi connectivity index (χ0n) is 8.81. The van der Waals surface area contributed by atoms with Crippen LogP contribution in [-0.2, 0) is 0 Å². The van der Waals surface area contributed by atoms with Gasteiger partial charge in [0.15, 0.2) is 5.11 Å². The number of hydrogen-bond donors (Lipinski definition) is 2. The molecular weight excluding hydrogens is 263 g/mol. The van der Waals surface area contributed by atoms with Crippen molar-refractivity contribution >= 4 is 46.2 Å². The second-order valence-electron chi connectivity index (χ2n) is 3.36. The van der Waals surface area contributed by atoms with Gasteiger partial charge in [-0.1, -0.05) is 41.4 Å². The number of para-hydroxylation sites is 1. The predicted molar refractivity (Wildman–Crippen MR) is 75.5 cm³/mol. The van der Waals surface area contributed by atoms with E-state index in [2.05, 4.69) is 17.2 Å². The van der Waals surface area contributed by atoms with E-state index in [0.29, 0.717) is 27.4 Å². The van der Waals surface area contributed by atoms with Gasteiger partial charge in [-0.25, -0.2) is 0 Å². The molecule has 2 N–H and O–H groups in total. The number of benzene rings is 1. The smallest absolute Gasteiger partial charge is 0.171 e. The average molecular weight is 275 g/mol. The van der Waals surface area contributed by atoms with Gasteiger partial charge >= 0.3 is 0 Å². The maximum Gasteiger partial charge on any atom is 0.171 e. The van der Waals surface area contributed by atoms with E-state index in [-0.39, 0.29) is 0 Å². The number of rotatable bonds is 3. The SMILES string of the molecule is C=C(C)CNC(=S)Nc1c(Cl)cccc1Cl. The van der Waals surface area contributed by atoms with Gasteiger partial charge in [-0.05, 0) is 31.3 Å². The summed E-state index contributed by atoms with van der Waals surface area (Å²) in [7, 11) is 0. The second kappa shape index (κ2) is 6.09. The number of anilines is 1. The summed E-state index contributed by atoms with van der Waals surface area (Å²) in [6.07, 6.45) is 0. The summed E-state index contributed by atoms with van der Waals surface area (Å²) in [5.41, 5.74) is 1.61. The van der Waals surface area contributed by atoms with E-state index in [0.717, 1.165) is 5.57 Å². The highest BCUT2D eigenvalue weighted by Crippen LogP contribution is 2.29. The van der Waals surface area contributed by atoms with Crippen molar-refractivity contribution in [2.75, 3.05) is 11.9 Å². The van der Waals surface area contributed by atoms with Crippen LogP contribution in [0.15, 0.2) is 30.4 Å². The van der Waals surface area contributed by atoms with Gasteiger partial charge in [0.05, 0.1) is 15.7 Å². The summed E-state index contributed by atoms with van der Waals surface area (Å²) in [6.45, 7) is 6.30. The van der Waals surface area contributed by atoms with E-state index in [1.54, 1.807) is 18.2 Å². The van der Waals surface area contributed by atoms with Crippen molar-refractivity contribution in [2.24, 2.45) is 0 Å². The number of hydrogen-bond acceptors (Lipinski definition) is 1. The maximum absolute atomic E-state index is 5.98. The third-order valence-corrected chi connectivity index (χ3v) is 2.63. The first-order valence-corrected chi connectivity index (χ1v) is 5.80. The molecule has 0 atom stereocenters. The predicted octanol–water partition coefficient (Wildman–Crippen LogP) is 3.86. The molecule has 16 heavy (non-hydrogen) atoms. The molecule has 1 aromatic rings. The molecule has 1 rings (SSSR count). The first kappa shape index (κ1) is 13.3. The van der Waals surface area contributed by atoms with E-state index in [9.17, 15) is 0 Å². The van der Waals surface area contributed by atoms with Crippen molar-refractivity contribution in [3.05, 3.63) is 40.4 Å². The molecule has 0 unspecified atom stereocenters. The summed E-state index contributed by atoms with van der Waals surface area (Å²) < 4.78 is 0. The average Bonchev–Trinajstić information content (AvgIpc) is 2.21. The van der Waals surface area contributed by atoms with Crippen LogP contribution in [0.5, 0.6) is 0 Å². The van der Waals surface area contributed by atoms with Gasteiger partial charge in [0.25, 0.3) is 0 Å². The van der Waals surface area contributed by atoms with Crippen molar-refractivity contribution < 1.29 is 0 Å². The molecule has 5 heteroatoms. The molecule has 0 saturated heterocycles. The lowest BCUT2D eigenvalue weighted by Gasteiger charge is -2.12. The first-order chi connectivity index (χ1) is 7.50. The van der Waals surface area contributed by atoms with E-state index in [1.807, 2.05) is 6.92 Å². The molecule has 0 aliphatic carbocycles. The molecule has 2 nitrogen and oxygen atoms in total. The van der Waals surface area contributed by atoms with Gasteiger partial charge < -0.3 is 10.6 Å². The molecule has 0 spiro atoms. The fraction of sp³-hybridized carbons (Fsp3) is 0.182. The van der Waals surface area contributed by atoms with Crippen LogP contribution in [0.3, 0.4) is 0 Å². The quantitative estimate of drug-likeness (QED) is 0.647. The molecule has 0 heterocycles. The van der Waals surface area contributed by atoms with Gasteiger partial charge in [-0.3, -0.25) is 0 Å². The van der Waals surface area contributed by atoms with Crippen LogP contribution in [0.4, 0.5) is 5.69 Å². The third-order valence-electron chi connectivity index (χ3n) is 1.75. The van der Waals surface area contributed by atoms with Gasteiger partial charge in [0, 0.05) is 6.54 Å². The lowest BCUT2D eigenvalue weighted by Crippen LogP contribution is -2.29. The summed E-state index contributed by atoms with van der Waals surface area (Å²) in [5.74, 6) is 0. The van der Waals surface area contributed by atoms with Crippen molar-refractivity contribution in [3.63, 3.8) is 0 Å². The molecule has 0 aliphatic heterocycles. The molecule has 0 amide bonds. The molecule has 86 valence electrons. The van der Waals surface area contributed by atoms with Crippen LogP contribution in [-0.4, -0.2) is 11.7 Å². The van der Waals surface area contributed by atoms with Gasteiger partial charge in [-0.15, -0.1) is 0 Å². The third kappa shape index (κ3) is 4.00. The second-order valence-corrected chi connectivity index (χ2v) is 4.58. The van der Waals surface area contributed by atoms with Crippen LogP contribution < -0.4 is 10.6 Å². The van der Waals surface area contributed by atoms with Gasteiger partial charge in [0.1, 0.15) is 0 Å². The largest absolute Gasteiger partial charge is 0.359 e. The maximum atomic E-state index is 5.98. The summed E-state index contributed by atoms with van der Waals surface area (Å²) in [4.78, 5) is 0. The van der Waals surface area contributed by atoms with Crippen LogP contribution in [0.2, 0.25) is 10.0 Å². The Morgan fingerprint density at radius 1 is 1.38 bits per heavy atom. The highest BCUT2D eigenvalue weighted by molar-refractivity contribution is 7.80. The monoisotopic (exact) mass is 274 g/mol. The fourth-order valence-corrected chi connectivity index (χ4v) is 1.67. The van der Waals surface area contributed by atoms with E-state index < -0.39 is 0 Å². The molecule has 0 aromatic heterocycles. The summed E-state index contributed by atoms with van der Waals surface area (Å²) >= 11 is 17.1. The minimum absolute atomic E-state index is 0.470. The van der Waals surface area contributed by atoms with E-state index in [1.165, 1.54) is 0 Å². The van der Waals surface area contributed by atoms with Crippen LogP contribution >= 0.6 is 35.4 Å². The zero-order chi connectivity index (χ0) is 12.1.